The normalized spacial score (nSPS) is 10.4. The summed E-state index contributed by atoms with van der Waals surface area (Å²) < 4.78 is 0. The van der Waals surface area contributed by atoms with E-state index < -0.39 is 0 Å². The largest absolute Gasteiger partial charge is 2.00 e. The Morgan fingerprint density at radius 2 is 1.82 bits per heavy atom. The minimum absolute atomic E-state index is 0. The number of para-hydroxylation sites is 1. The molecule has 0 heterocycles. The third-order valence-electron chi connectivity index (χ3n) is 1.06. The first-order chi connectivity index (χ1) is 4.84. The number of rotatable bonds is 1. The molecule has 1 rings (SSSR count). The Hall–Kier alpha value is -0.814. The number of benzene rings is 1. The Morgan fingerprint density at radius 1 is 1.27 bits per heavy atom. The van der Waals surface area contributed by atoms with Crippen LogP contribution < -0.4 is 0 Å². The molecule has 0 aliphatic heterocycles. The van der Waals surface area contributed by atoms with Crippen LogP contribution in [0.3, 0.4) is 0 Å². The van der Waals surface area contributed by atoms with Gasteiger partial charge >= 0.3 is 23.1 Å². The molecule has 0 spiro atoms. The second-order valence-corrected chi connectivity index (χ2v) is 1.70. The van der Waals surface area contributed by atoms with Crippen molar-refractivity contribution in [2.45, 2.75) is 0 Å². The van der Waals surface area contributed by atoms with E-state index in [1.165, 1.54) is 0 Å². The molecule has 0 saturated carbocycles. The summed E-state index contributed by atoms with van der Waals surface area (Å²) in [5.74, 6) is 0. The van der Waals surface area contributed by atoms with E-state index in [2.05, 4.69) is 5.28 Å². The predicted octanol–water partition coefficient (Wildman–Crippen LogP) is 1.29. The van der Waals surface area contributed by atoms with Gasteiger partial charge in [-0.1, -0.05) is 18.2 Å². The van der Waals surface area contributed by atoms with Crippen LogP contribution in [-0.2, 0) is 0 Å². The Kier molecular flexibility index (Phi) is 4.56. The van der Waals surface area contributed by atoms with E-state index in [9.17, 15) is 5.21 Å². The zero-order valence-electron chi connectivity index (χ0n) is 5.84. The molecule has 0 radical (unpaired) electrons. The summed E-state index contributed by atoms with van der Waals surface area (Å²) in [4.78, 5) is 0.139. The van der Waals surface area contributed by atoms with E-state index in [0.717, 1.165) is 0 Å². The van der Waals surface area contributed by atoms with Crippen LogP contribution in [0, 0.1) is 5.21 Å². The van der Waals surface area contributed by atoms with Gasteiger partial charge in [-0.05, 0) is 4.86 Å². The van der Waals surface area contributed by atoms with Crippen LogP contribution in [0.25, 0.3) is 0 Å². The predicted molar refractivity (Wildman–Crippen MR) is 39.7 cm³/mol. The van der Waals surface area contributed by atoms with Crippen molar-refractivity contribution in [2.24, 2.45) is 5.28 Å². The molecule has 1 N–H and O–H groups in total. The van der Waals surface area contributed by atoms with Crippen LogP contribution in [0.1, 0.15) is 0 Å². The number of hydrogen-bond donors (Lipinski definition) is 1. The van der Waals surface area contributed by atoms with Crippen molar-refractivity contribution in [3.8, 4) is 0 Å². The second kappa shape index (κ2) is 4.92. The molecule has 52 valence electrons. The van der Waals surface area contributed by atoms with E-state index in [0.29, 0.717) is 5.69 Å². The Labute approximate surface area is 79.9 Å². The van der Waals surface area contributed by atoms with E-state index in [1.807, 2.05) is 0 Å². The maximum absolute atomic E-state index is 10.5. The first-order valence-corrected chi connectivity index (χ1v) is 2.72. The van der Waals surface area contributed by atoms with Crippen LogP contribution in [0.4, 0.5) is 5.69 Å². The van der Waals surface area contributed by atoms with Crippen molar-refractivity contribution in [2.75, 3.05) is 0 Å². The summed E-state index contributed by atoms with van der Waals surface area (Å²) in [6.45, 7) is 0. The fourth-order valence-electron chi connectivity index (χ4n) is 0.607. The molecule has 0 atom stereocenters. The van der Waals surface area contributed by atoms with E-state index in [1.54, 1.807) is 30.3 Å². The molecule has 1 aromatic carbocycles. The van der Waals surface area contributed by atoms with Gasteiger partial charge in [0.15, 0.2) is 0 Å². The fraction of sp³-hybridized carbons (Fsp3) is 0. The van der Waals surface area contributed by atoms with E-state index in [-0.39, 0.29) is 27.9 Å². The first kappa shape index (κ1) is 10.2. The summed E-state index contributed by atoms with van der Waals surface area (Å²) in [7, 11) is 0. The average Bonchev–Trinajstić information content (AvgIpc) is 2.05. The quantitative estimate of drug-likeness (QED) is 0.293. The monoisotopic (exact) mass is 162 g/mol. The van der Waals surface area contributed by atoms with Crippen LogP contribution in [-0.4, -0.2) is 33.1 Å². The molecule has 0 amide bonds. The van der Waals surface area contributed by atoms with Crippen molar-refractivity contribution in [1.82, 2.24) is 0 Å². The van der Waals surface area contributed by atoms with Gasteiger partial charge in [-0.3, -0.25) is 0 Å². The summed E-state index contributed by atoms with van der Waals surface area (Å²) in [6, 6.07) is 8.24. The van der Waals surface area contributed by atoms with Crippen molar-refractivity contribution in [3.05, 3.63) is 35.5 Å². The zero-order chi connectivity index (χ0) is 7.40. The van der Waals surface area contributed by atoms with E-state index in [4.69, 9.17) is 5.21 Å². The van der Waals surface area contributed by atoms with Crippen molar-refractivity contribution < 1.29 is 10.1 Å². The minimum Gasteiger partial charge on any atom is -0.592 e. The summed E-state index contributed by atoms with van der Waals surface area (Å²) in [5.41, 5.74) is 0.310. The standard InChI is InChI=1S/C6H6N2O2.Mg/c9-7-8(10)6-4-2-1-3-5-6;/h1-5,9H;/q;+2/b8-7+;. The zero-order valence-corrected chi connectivity index (χ0v) is 7.26. The Morgan fingerprint density at radius 3 is 2.27 bits per heavy atom. The molecule has 0 bridgehead atoms. The SMILES string of the molecule is [Mg+2].[O-]/[N+](=N/O)c1ccccc1. The fourth-order valence-corrected chi connectivity index (χ4v) is 0.607. The van der Waals surface area contributed by atoms with Gasteiger partial charge in [0.2, 0.25) is 11.0 Å². The number of nitrogens with zero attached hydrogens (tertiary/aromatic N) is 2. The van der Waals surface area contributed by atoms with Gasteiger partial charge in [-0.2, -0.15) is 0 Å². The maximum Gasteiger partial charge on any atom is 2.00 e. The average molecular weight is 162 g/mol. The van der Waals surface area contributed by atoms with Gasteiger partial charge in [0.1, 0.15) is 0 Å². The molecule has 0 aromatic heterocycles. The number of hydrogen-bond acceptors (Lipinski definition) is 2. The summed E-state index contributed by atoms with van der Waals surface area (Å²) >= 11 is 0. The topological polar surface area (TPSA) is 58.7 Å². The van der Waals surface area contributed by atoms with Crippen LogP contribution in [0.2, 0.25) is 0 Å². The Balaban J connectivity index is 0.000001000. The maximum atomic E-state index is 10.5. The molecule has 0 aliphatic carbocycles. The molecule has 11 heavy (non-hydrogen) atoms. The molecule has 0 unspecified atom stereocenters. The van der Waals surface area contributed by atoms with Crippen molar-refractivity contribution >= 4 is 28.7 Å². The summed E-state index contributed by atoms with van der Waals surface area (Å²) in [5, 5.41) is 21.0. The minimum atomic E-state index is 0. The molecule has 1 aromatic rings. The second-order valence-electron chi connectivity index (χ2n) is 1.70. The Bertz CT molecular complexity index is 238. The van der Waals surface area contributed by atoms with Crippen LogP contribution in [0.5, 0.6) is 0 Å². The van der Waals surface area contributed by atoms with Gasteiger partial charge in [-0.15, -0.1) is 0 Å². The smallest absolute Gasteiger partial charge is 0.592 e. The van der Waals surface area contributed by atoms with Gasteiger partial charge in [0, 0.05) is 12.1 Å². The molecule has 5 heteroatoms. The first-order valence-electron chi connectivity index (χ1n) is 2.72. The molecular weight excluding hydrogens is 156 g/mol. The van der Waals surface area contributed by atoms with Gasteiger partial charge < -0.3 is 10.4 Å². The third kappa shape index (κ3) is 2.73. The molecule has 0 fully saturated rings. The van der Waals surface area contributed by atoms with Crippen LogP contribution >= 0.6 is 0 Å². The summed E-state index contributed by atoms with van der Waals surface area (Å²) in [6.07, 6.45) is 0. The van der Waals surface area contributed by atoms with Gasteiger partial charge in [0.25, 0.3) is 0 Å². The van der Waals surface area contributed by atoms with Crippen molar-refractivity contribution in [1.29, 1.82) is 0 Å². The van der Waals surface area contributed by atoms with E-state index >= 15 is 0 Å². The van der Waals surface area contributed by atoms with Gasteiger partial charge in [-0.25, -0.2) is 0 Å². The molecule has 0 aliphatic rings. The molecular formula is C6H6MgN2O2+2. The van der Waals surface area contributed by atoms with Crippen molar-refractivity contribution in [3.63, 3.8) is 0 Å². The molecule has 0 saturated heterocycles. The van der Waals surface area contributed by atoms with Crippen LogP contribution in [0.15, 0.2) is 35.6 Å². The molecule has 4 nitrogen and oxygen atoms in total. The van der Waals surface area contributed by atoms with Gasteiger partial charge in [0.05, 0.1) is 0 Å². The third-order valence-corrected chi connectivity index (χ3v) is 1.06.